The van der Waals surface area contributed by atoms with Crippen molar-refractivity contribution >= 4 is 5.91 Å². The van der Waals surface area contributed by atoms with Gasteiger partial charge in [0.25, 0.3) is 0 Å². The Labute approximate surface area is 78.3 Å². The second kappa shape index (κ2) is 5.94. The molecular weight excluding hydrogens is 170 g/mol. The first-order valence-electron chi connectivity index (χ1n) is 4.85. The molecule has 0 aromatic carbocycles. The molecule has 2 N–H and O–H groups in total. The minimum atomic E-state index is -0.228. The Hall–Kier alpha value is -0.610. The standard InChI is InChI=1S/C9H17NO3/c11-6-2-1-5-10-9(12)8-4-3-7-13-8/h8,11H,1-7H2,(H,10,12)/t8-/m1/s1. The fourth-order valence-corrected chi connectivity index (χ4v) is 1.35. The van der Waals surface area contributed by atoms with Crippen molar-refractivity contribution in [2.24, 2.45) is 0 Å². The van der Waals surface area contributed by atoms with Crippen LogP contribution in [0.4, 0.5) is 0 Å². The molecule has 76 valence electrons. The van der Waals surface area contributed by atoms with Crippen LogP contribution in [0.3, 0.4) is 0 Å². The Balaban J connectivity index is 2.03. The number of ether oxygens (including phenoxy) is 1. The van der Waals surface area contributed by atoms with Crippen LogP contribution in [0.1, 0.15) is 25.7 Å². The van der Waals surface area contributed by atoms with Gasteiger partial charge in [-0.25, -0.2) is 0 Å². The molecule has 1 fully saturated rings. The first-order chi connectivity index (χ1) is 6.34. The molecule has 1 atom stereocenters. The first-order valence-corrected chi connectivity index (χ1v) is 4.85. The number of nitrogens with one attached hydrogen (secondary N) is 1. The van der Waals surface area contributed by atoms with E-state index in [0.29, 0.717) is 13.2 Å². The summed E-state index contributed by atoms with van der Waals surface area (Å²) in [5.74, 6) is -0.00422. The molecule has 1 amide bonds. The van der Waals surface area contributed by atoms with Crippen LogP contribution in [0.15, 0.2) is 0 Å². The predicted octanol–water partition coefficient (Wildman–Crippen LogP) is 0.0541. The van der Waals surface area contributed by atoms with Crippen molar-refractivity contribution in [1.82, 2.24) is 5.32 Å². The van der Waals surface area contributed by atoms with Crippen molar-refractivity contribution in [3.8, 4) is 0 Å². The largest absolute Gasteiger partial charge is 0.396 e. The molecule has 1 aliphatic rings. The van der Waals surface area contributed by atoms with Crippen molar-refractivity contribution in [3.63, 3.8) is 0 Å². The summed E-state index contributed by atoms with van der Waals surface area (Å²) in [6.07, 6.45) is 3.16. The molecule has 1 heterocycles. The molecule has 4 nitrogen and oxygen atoms in total. The lowest BCUT2D eigenvalue weighted by Gasteiger charge is -2.09. The lowest BCUT2D eigenvalue weighted by molar-refractivity contribution is -0.130. The monoisotopic (exact) mass is 187 g/mol. The van der Waals surface area contributed by atoms with E-state index in [4.69, 9.17) is 9.84 Å². The summed E-state index contributed by atoms with van der Waals surface area (Å²) in [4.78, 5) is 11.3. The molecule has 0 unspecified atom stereocenters. The average molecular weight is 187 g/mol. The third-order valence-corrected chi connectivity index (χ3v) is 2.11. The Kier molecular flexibility index (Phi) is 4.78. The van der Waals surface area contributed by atoms with E-state index < -0.39 is 0 Å². The van der Waals surface area contributed by atoms with Crippen molar-refractivity contribution in [1.29, 1.82) is 0 Å². The highest BCUT2D eigenvalue weighted by molar-refractivity contribution is 5.80. The first kappa shape index (κ1) is 10.5. The Bertz CT molecular complexity index is 155. The molecule has 0 radical (unpaired) electrons. The van der Waals surface area contributed by atoms with E-state index in [-0.39, 0.29) is 18.6 Å². The smallest absolute Gasteiger partial charge is 0.249 e. The highest BCUT2D eigenvalue weighted by Crippen LogP contribution is 2.11. The highest BCUT2D eigenvalue weighted by Gasteiger charge is 2.22. The molecule has 0 bridgehead atoms. The van der Waals surface area contributed by atoms with Gasteiger partial charge in [0.2, 0.25) is 5.91 Å². The zero-order valence-electron chi connectivity index (χ0n) is 7.79. The van der Waals surface area contributed by atoms with Gasteiger partial charge >= 0.3 is 0 Å². The molecule has 1 rings (SSSR count). The summed E-state index contributed by atoms with van der Waals surface area (Å²) in [5.41, 5.74) is 0. The Morgan fingerprint density at radius 1 is 1.54 bits per heavy atom. The Morgan fingerprint density at radius 2 is 2.38 bits per heavy atom. The van der Waals surface area contributed by atoms with E-state index in [1.807, 2.05) is 0 Å². The number of carbonyl (C=O) groups is 1. The summed E-state index contributed by atoms with van der Waals surface area (Å²) < 4.78 is 5.21. The van der Waals surface area contributed by atoms with Gasteiger partial charge in [0, 0.05) is 19.8 Å². The van der Waals surface area contributed by atoms with Crippen LogP contribution >= 0.6 is 0 Å². The number of hydrogen-bond acceptors (Lipinski definition) is 3. The average Bonchev–Trinajstić information content (AvgIpc) is 2.65. The summed E-state index contributed by atoms with van der Waals surface area (Å²) >= 11 is 0. The molecule has 13 heavy (non-hydrogen) atoms. The second-order valence-corrected chi connectivity index (χ2v) is 3.22. The molecule has 0 aliphatic carbocycles. The summed E-state index contributed by atoms with van der Waals surface area (Å²) in [6.45, 7) is 1.53. The molecule has 0 aromatic rings. The molecule has 0 aromatic heterocycles. The van der Waals surface area contributed by atoms with Gasteiger partial charge in [0.15, 0.2) is 0 Å². The maximum absolute atomic E-state index is 11.3. The van der Waals surface area contributed by atoms with Crippen LogP contribution in [-0.2, 0) is 9.53 Å². The van der Waals surface area contributed by atoms with E-state index in [0.717, 1.165) is 25.7 Å². The van der Waals surface area contributed by atoms with Gasteiger partial charge in [0.05, 0.1) is 0 Å². The number of unbranched alkanes of at least 4 members (excludes halogenated alkanes) is 1. The van der Waals surface area contributed by atoms with E-state index in [1.165, 1.54) is 0 Å². The summed E-state index contributed by atoms with van der Waals surface area (Å²) in [5, 5.41) is 11.3. The lowest BCUT2D eigenvalue weighted by Crippen LogP contribution is -2.34. The minimum Gasteiger partial charge on any atom is -0.396 e. The van der Waals surface area contributed by atoms with Gasteiger partial charge in [-0.2, -0.15) is 0 Å². The van der Waals surface area contributed by atoms with E-state index in [1.54, 1.807) is 0 Å². The molecule has 0 saturated carbocycles. The van der Waals surface area contributed by atoms with Gasteiger partial charge in [0.1, 0.15) is 6.10 Å². The molecule has 0 spiro atoms. The normalized spacial score (nSPS) is 21.8. The van der Waals surface area contributed by atoms with Gasteiger partial charge < -0.3 is 15.2 Å². The molecule has 1 aliphatic heterocycles. The molecule has 1 saturated heterocycles. The summed E-state index contributed by atoms with van der Waals surface area (Å²) in [6, 6.07) is 0. The maximum Gasteiger partial charge on any atom is 0.249 e. The van der Waals surface area contributed by atoms with Crippen LogP contribution in [0.2, 0.25) is 0 Å². The van der Waals surface area contributed by atoms with Crippen LogP contribution in [0, 0.1) is 0 Å². The van der Waals surface area contributed by atoms with Crippen molar-refractivity contribution < 1.29 is 14.6 Å². The topological polar surface area (TPSA) is 58.6 Å². The van der Waals surface area contributed by atoms with Gasteiger partial charge in [-0.05, 0) is 25.7 Å². The van der Waals surface area contributed by atoms with Gasteiger partial charge in [-0.1, -0.05) is 0 Å². The zero-order chi connectivity index (χ0) is 9.52. The fourth-order valence-electron chi connectivity index (χ4n) is 1.35. The van der Waals surface area contributed by atoms with E-state index in [9.17, 15) is 4.79 Å². The Morgan fingerprint density at radius 3 is 3.00 bits per heavy atom. The minimum absolute atomic E-state index is 0.00422. The third-order valence-electron chi connectivity index (χ3n) is 2.11. The second-order valence-electron chi connectivity index (χ2n) is 3.22. The SMILES string of the molecule is O=C(NCCCCO)[C@H]1CCCO1. The van der Waals surface area contributed by atoms with E-state index in [2.05, 4.69) is 5.32 Å². The number of hydrogen-bond donors (Lipinski definition) is 2. The molecule has 4 heteroatoms. The van der Waals surface area contributed by atoms with Crippen LogP contribution in [-0.4, -0.2) is 36.9 Å². The van der Waals surface area contributed by atoms with E-state index >= 15 is 0 Å². The number of rotatable bonds is 5. The molecular formula is C9H17NO3. The number of aliphatic hydroxyl groups is 1. The lowest BCUT2D eigenvalue weighted by atomic mass is 10.2. The predicted molar refractivity (Wildman–Crippen MR) is 48.3 cm³/mol. The summed E-state index contributed by atoms with van der Waals surface area (Å²) in [7, 11) is 0. The van der Waals surface area contributed by atoms with Crippen LogP contribution in [0.5, 0.6) is 0 Å². The van der Waals surface area contributed by atoms with Crippen molar-refractivity contribution in [2.75, 3.05) is 19.8 Å². The van der Waals surface area contributed by atoms with Gasteiger partial charge in [-0.3, -0.25) is 4.79 Å². The zero-order valence-corrected chi connectivity index (χ0v) is 7.79. The number of aliphatic hydroxyl groups excluding tert-OH is 1. The van der Waals surface area contributed by atoms with Crippen molar-refractivity contribution in [3.05, 3.63) is 0 Å². The number of amides is 1. The van der Waals surface area contributed by atoms with Crippen molar-refractivity contribution in [2.45, 2.75) is 31.8 Å². The third kappa shape index (κ3) is 3.74. The maximum atomic E-state index is 11.3. The number of carbonyl (C=O) groups excluding carboxylic acids is 1. The fraction of sp³-hybridized carbons (Fsp3) is 0.889. The van der Waals surface area contributed by atoms with Gasteiger partial charge in [-0.15, -0.1) is 0 Å². The quantitative estimate of drug-likeness (QED) is 0.598. The highest BCUT2D eigenvalue weighted by atomic mass is 16.5. The van der Waals surface area contributed by atoms with Crippen LogP contribution in [0.25, 0.3) is 0 Å². The van der Waals surface area contributed by atoms with Crippen LogP contribution < -0.4 is 5.32 Å².